The van der Waals surface area contributed by atoms with Gasteiger partial charge < -0.3 is 4.90 Å². The normalized spacial score (nSPS) is 25.8. The Morgan fingerprint density at radius 2 is 2.00 bits per heavy atom. The highest BCUT2D eigenvalue weighted by Gasteiger charge is 2.30. The molecule has 5 nitrogen and oxygen atoms in total. The Labute approximate surface area is 95.4 Å². The van der Waals surface area contributed by atoms with E-state index in [4.69, 9.17) is 0 Å². The molecule has 1 aromatic heterocycles. The molecule has 2 unspecified atom stereocenters. The lowest BCUT2D eigenvalue weighted by Crippen LogP contribution is -2.47. The zero-order valence-electron chi connectivity index (χ0n) is 10.1. The number of piperidine rings is 1. The summed E-state index contributed by atoms with van der Waals surface area (Å²) in [5.41, 5.74) is 0.447. The van der Waals surface area contributed by atoms with Gasteiger partial charge in [-0.3, -0.25) is 9.48 Å². The minimum atomic E-state index is 0.00722. The first kappa shape index (κ1) is 11.1. The number of amides is 1. The number of hydrogen-bond acceptors (Lipinski definition) is 3. The number of carbonyl (C=O) groups excluding carboxylic acids is 1. The topological polar surface area (TPSA) is 51.0 Å². The Bertz CT molecular complexity index is 377. The first-order valence-electron chi connectivity index (χ1n) is 5.78. The van der Waals surface area contributed by atoms with Crippen molar-refractivity contribution < 1.29 is 4.79 Å². The summed E-state index contributed by atoms with van der Waals surface area (Å²) in [6.07, 6.45) is 5.04. The molecule has 5 heteroatoms. The van der Waals surface area contributed by atoms with Gasteiger partial charge in [-0.05, 0) is 33.1 Å². The van der Waals surface area contributed by atoms with Gasteiger partial charge in [0, 0.05) is 19.1 Å². The van der Waals surface area contributed by atoms with E-state index in [1.807, 2.05) is 4.90 Å². The third-order valence-corrected chi connectivity index (χ3v) is 3.25. The Morgan fingerprint density at radius 1 is 1.38 bits per heavy atom. The second-order valence-electron chi connectivity index (χ2n) is 4.62. The van der Waals surface area contributed by atoms with Crippen LogP contribution in [0.3, 0.4) is 0 Å². The van der Waals surface area contributed by atoms with Crippen LogP contribution < -0.4 is 0 Å². The average Bonchev–Trinajstić information content (AvgIpc) is 2.64. The minimum absolute atomic E-state index is 0.00722. The molecule has 0 spiro atoms. The summed E-state index contributed by atoms with van der Waals surface area (Å²) in [6, 6.07) is 0.608. The van der Waals surface area contributed by atoms with Crippen LogP contribution in [0.5, 0.6) is 0 Å². The van der Waals surface area contributed by atoms with Crippen LogP contribution in [0, 0.1) is 0 Å². The Balaban J connectivity index is 2.19. The average molecular weight is 222 g/mol. The molecule has 2 rings (SSSR count). The molecule has 0 bridgehead atoms. The molecule has 0 N–H and O–H groups in total. The number of aryl methyl sites for hydroxylation is 1. The molecule has 0 aliphatic carbocycles. The molecule has 1 saturated heterocycles. The van der Waals surface area contributed by atoms with Crippen molar-refractivity contribution in [1.29, 1.82) is 0 Å². The standard InChI is InChI=1S/C11H18N4O/c1-8-5-4-6-9(2)15(8)11(16)10-7-14(3)13-12-10/h7-9H,4-6H2,1-3H3. The predicted molar refractivity (Wildman–Crippen MR) is 59.9 cm³/mol. The summed E-state index contributed by atoms with van der Waals surface area (Å²) in [5, 5.41) is 7.68. The second-order valence-corrected chi connectivity index (χ2v) is 4.62. The van der Waals surface area contributed by atoms with Gasteiger partial charge in [0.05, 0.1) is 6.20 Å². The number of aromatic nitrogens is 3. The molecule has 1 fully saturated rings. The largest absolute Gasteiger partial charge is 0.332 e. The maximum atomic E-state index is 12.2. The molecule has 2 atom stereocenters. The van der Waals surface area contributed by atoms with Crippen LogP contribution in [-0.2, 0) is 7.05 Å². The fraction of sp³-hybridized carbons (Fsp3) is 0.727. The highest BCUT2D eigenvalue weighted by molar-refractivity contribution is 5.92. The van der Waals surface area contributed by atoms with Crippen molar-refractivity contribution in [3.63, 3.8) is 0 Å². The molecule has 1 aromatic rings. The van der Waals surface area contributed by atoms with E-state index in [1.54, 1.807) is 17.9 Å². The smallest absolute Gasteiger partial charge is 0.276 e. The molecule has 1 amide bonds. The van der Waals surface area contributed by atoms with E-state index < -0.39 is 0 Å². The highest BCUT2D eigenvalue weighted by atomic mass is 16.2. The quantitative estimate of drug-likeness (QED) is 0.718. The molecule has 2 heterocycles. The van der Waals surface area contributed by atoms with Crippen molar-refractivity contribution >= 4 is 5.91 Å². The highest BCUT2D eigenvalue weighted by Crippen LogP contribution is 2.23. The van der Waals surface area contributed by atoms with E-state index >= 15 is 0 Å². The number of hydrogen-bond donors (Lipinski definition) is 0. The van der Waals surface area contributed by atoms with Gasteiger partial charge in [-0.2, -0.15) is 0 Å². The van der Waals surface area contributed by atoms with E-state index in [2.05, 4.69) is 24.2 Å². The van der Waals surface area contributed by atoms with Crippen LogP contribution in [0.4, 0.5) is 0 Å². The van der Waals surface area contributed by atoms with Gasteiger partial charge in [-0.15, -0.1) is 5.10 Å². The number of likely N-dealkylation sites (tertiary alicyclic amines) is 1. The number of carbonyl (C=O) groups is 1. The molecule has 88 valence electrons. The zero-order valence-corrected chi connectivity index (χ0v) is 10.1. The maximum absolute atomic E-state index is 12.2. The van der Waals surface area contributed by atoms with Crippen LogP contribution in [-0.4, -0.2) is 37.9 Å². The van der Waals surface area contributed by atoms with Crippen molar-refractivity contribution in [3.05, 3.63) is 11.9 Å². The van der Waals surface area contributed by atoms with Gasteiger partial charge in [-0.1, -0.05) is 5.21 Å². The Kier molecular flexibility index (Phi) is 2.94. The third-order valence-electron chi connectivity index (χ3n) is 3.25. The molecule has 1 aliphatic heterocycles. The van der Waals surface area contributed by atoms with E-state index in [-0.39, 0.29) is 5.91 Å². The summed E-state index contributed by atoms with van der Waals surface area (Å²) in [5.74, 6) is 0.00722. The SMILES string of the molecule is CC1CCCC(C)N1C(=O)c1cn(C)nn1. The summed E-state index contributed by atoms with van der Waals surface area (Å²) in [7, 11) is 1.77. The molecule has 0 radical (unpaired) electrons. The lowest BCUT2D eigenvalue weighted by molar-refractivity contribution is 0.0504. The lowest BCUT2D eigenvalue weighted by atomic mass is 9.97. The monoisotopic (exact) mass is 222 g/mol. The van der Waals surface area contributed by atoms with Gasteiger partial charge in [0.15, 0.2) is 5.69 Å². The molecule has 0 aromatic carbocycles. The van der Waals surface area contributed by atoms with E-state index in [9.17, 15) is 4.79 Å². The maximum Gasteiger partial charge on any atom is 0.276 e. The van der Waals surface area contributed by atoms with Gasteiger partial charge in [0.25, 0.3) is 5.91 Å². The third kappa shape index (κ3) is 1.94. The van der Waals surface area contributed by atoms with E-state index in [1.165, 1.54) is 6.42 Å². The second kappa shape index (κ2) is 4.23. The fourth-order valence-corrected chi connectivity index (χ4v) is 2.40. The summed E-state index contributed by atoms with van der Waals surface area (Å²) in [4.78, 5) is 14.2. The van der Waals surface area contributed by atoms with E-state index in [0.29, 0.717) is 17.8 Å². The molecular weight excluding hydrogens is 204 g/mol. The lowest BCUT2D eigenvalue weighted by Gasteiger charge is -2.38. The van der Waals surface area contributed by atoms with Gasteiger partial charge >= 0.3 is 0 Å². The minimum Gasteiger partial charge on any atom is -0.332 e. The van der Waals surface area contributed by atoms with Crippen molar-refractivity contribution in [3.8, 4) is 0 Å². The fourth-order valence-electron chi connectivity index (χ4n) is 2.40. The Morgan fingerprint density at radius 3 is 2.50 bits per heavy atom. The summed E-state index contributed by atoms with van der Waals surface area (Å²) in [6.45, 7) is 4.20. The van der Waals surface area contributed by atoms with Gasteiger partial charge in [0.1, 0.15) is 0 Å². The van der Waals surface area contributed by atoms with Crippen LogP contribution in [0.25, 0.3) is 0 Å². The number of nitrogens with zero attached hydrogens (tertiary/aromatic N) is 4. The first-order valence-corrected chi connectivity index (χ1v) is 5.78. The van der Waals surface area contributed by atoms with E-state index in [0.717, 1.165) is 12.8 Å². The molecular formula is C11H18N4O. The zero-order chi connectivity index (χ0) is 11.7. The van der Waals surface area contributed by atoms with Crippen molar-refractivity contribution in [1.82, 2.24) is 19.9 Å². The van der Waals surface area contributed by atoms with Gasteiger partial charge in [-0.25, -0.2) is 0 Å². The van der Waals surface area contributed by atoms with Crippen molar-refractivity contribution in [2.75, 3.05) is 0 Å². The van der Waals surface area contributed by atoms with Crippen LogP contribution >= 0.6 is 0 Å². The Hall–Kier alpha value is -1.39. The van der Waals surface area contributed by atoms with Crippen LogP contribution in [0.2, 0.25) is 0 Å². The summed E-state index contributed by atoms with van der Waals surface area (Å²) < 4.78 is 1.56. The first-order chi connectivity index (χ1) is 7.59. The molecule has 16 heavy (non-hydrogen) atoms. The van der Waals surface area contributed by atoms with Crippen LogP contribution in [0.1, 0.15) is 43.6 Å². The van der Waals surface area contributed by atoms with Crippen LogP contribution in [0.15, 0.2) is 6.20 Å². The predicted octanol–water partition coefficient (Wildman–Crippen LogP) is 1.22. The molecule has 0 saturated carbocycles. The van der Waals surface area contributed by atoms with Gasteiger partial charge in [0.2, 0.25) is 0 Å². The number of rotatable bonds is 1. The van der Waals surface area contributed by atoms with Crippen molar-refractivity contribution in [2.24, 2.45) is 7.05 Å². The summed E-state index contributed by atoms with van der Waals surface area (Å²) >= 11 is 0. The molecule has 1 aliphatic rings. The van der Waals surface area contributed by atoms with Crippen molar-refractivity contribution in [2.45, 2.75) is 45.2 Å².